The van der Waals surface area contributed by atoms with E-state index in [1.165, 1.54) is 23.3 Å². The number of fused-ring (bicyclic) bond motifs is 1. The largest absolute Gasteiger partial charge is 0.280 e. The third kappa shape index (κ3) is 3.27. The highest BCUT2D eigenvalue weighted by Gasteiger charge is 2.16. The molecule has 2 aromatic carbocycles. The predicted octanol–water partition coefficient (Wildman–Crippen LogP) is 2.87. The van der Waals surface area contributed by atoms with Gasteiger partial charge in [0.1, 0.15) is 6.33 Å². The van der Waals surface area contributed by atoms with Gasteiger partial charge in [0.25, 0.3) is 5.69 Å². The van der Waals surface area contributed by atoms with Crippen LogP contribution in [-0.4, -0.2) is 31.1 Å². The van der Waals surface area contributed by atoms with Crippen molar-refractivity contribution in [3.63, 3.8) is 0 Å². The van der Waals surface area contributed by atoms with Gasteiger partial charge >= 0.3 is 0 Å². The Kier molecular flexibility index (Phi) is 3.99. The van der Waals surface area contributed by atoms with E-state index in [9.17, 15) is 10.1 Å². The minimum atomic E-state index is -0.413. The van der Waals surface area contributed by atoms with Crippen molar-refractivity contribution < 1.29 is 4.92 Å². The fraction of sp³-hybridized carbons (Fsp3) is 0.222. The molecular weight excluding hydrogens is 318 g/mol. The molecular formula is C18H17N5O2. The number of nitrogens with zero attached hydrogens (tertiary/aromatic N) is 5. The quantitative estimate of drug-likeness (QED) is 0.541. The Labute approximate surface area is 144 Å². The molecule has 3 aromatic rings. The molecule has 1 aliphatic rings. The van der Waals surface area contributed by atoms with Gasteiger partial charge in [0, 0.05) is 30.8 Å². The summed E-state index contributed by atoms with van der Waals surface area (Å²) in [6.45, 7) is 2.57. The summed E-state index contributed by atoms with van der Waals surface area (Å²) in [4.78, 5) is 17.0. The van der Waals surface area contributed by atoms with Crippen LogP contribution in [0.2, 0.25) is 0 Å². The Bertz CT molecular complexity index is 904. The third-order valence-corrected chi connectivity index (χ3v) is 4.43. The lowest BCUT2D eigenvalue weighted by Gasteiger charge is -2.28. The predicted molar refractivity (Wildman–Crippen MR) is 92.7 cm³/mol. The van der Waals surface area contributed by atoms with E-state index in [4.69, 9.17) is 0 Å². The van der Waals surface area contributed by atoms with Crippen LogP contribution in [0.1, 0.15) is 11.1 Å². The molecule has 0 spiro atoms. The van der Waals surface area contributed by atoms with Crippen molar-refractivity contribution >= 4 is 5.69 Å². The normalized spacial score (nSPS) is 14.2. The number of aromatic nitrogens is 3. The van der Waals surface area contributed by atoms with E-state index in [0.29, 0.717) is 12.5 Å². The van der Waals surface area contributed by atoms with Crippen molar-refractivity contribution in [2.45, 2.75) is 19.6 Å². The molecule has 0 atom stereocenters. The van der Waals surface area contributed by atoms with Crippen LogP contribution in [0.3, 0.4) is 0 Å². The molecule has 0 aliphatic carbocycles. The Morgan fingerprint density at radius 2 is 1.84 bits per heavy atom. The summed E-state index contributed by atoms with van der Waals surface area (Å²) in [6, 6.07) is 14.8. The second-order valence-electron chi connectivity index (χ2n) is 6.12. The molecule has 4 rings (SSSR count). The average molecular weight is 335 g/mol. The Balaban J connectivity index is 1.46. The summed E-state index contributed by atoms with van der Waals surface area (Å²) < 4.78 is 1.81. The topological polar surface area (TPSA) is 77.1 Å². The number of hydrogen-bond acceptors (Lipinski definition) is 5. The van der Waals surface area contributed by atoms with E-state index >= 15 is 0 Å². The third-order valence-electron chi connectivity index (χ3n) is 4.43. The second-order valence-corrected chi connectivity index (χ2v) is 6.12. The van der Waals surface area contributed by atoms with E-state index in [1.807, 2.05) is 4.68 Å². The van der Waals surface area contributed by atoms with Gasteiger partial charge in [0.15, 0.2) is 5.82 Å². The SMILES string of the molecule is O=[N+]([O-])c1ccc(-c2ncn(CN3CCc4ccccc4C3)n2)cc1. The van der Waals surface area contributed by atoms with Crippen LogP contribution in [0.25, 0.3) is 11.4 Å². The lowest BCUT2D eigenvalue weighted by atomic mass is 10.0. The molecule has 126 valence electrons. The molecule has 0 fully saturated rings. The van der Waals surface area contributed by atoms with Crippen LogP contribution >= 0.6 is 0 Å². The lowest BCUT2D eigenvalue weighted by molar-refractivity contribution is -0.384. The first-order valence-corrected chi connectivity index (χ1v) is 8.12. The molecule has 0 N–H and O–H groups in total. The monoisotopic (exact) mass is 335 g/mol. The summed E-state index contributed by atoms with van der Waals surface area (Å²) in [5.74, 6) is 0.576. The molecule has 0 amide bonds. The molecule has 7 heteroatoms. The summed E-state index contributed by atoms with van der Waals surface area (Å²) in [5.41, 5.74) is 3.62. The highest BCUT2D eigenvalue weighted by molar-refractivity contribution is 5.56. The van der Waals surface area contributed by atoms with E-state index in [1.54, 1.807) is 18.5 Å². The first-order valence-electron chi connectivity index (χ1n) is 8.12. The minimum Gasteiger partial charge on any atom is -0.280 e. The van der Waals surface area contributed by atoms with Crippen molar-refractivity contribution in [2.75, 3.05) is 6.54 Å². The highest BCUT2D eigenvalue weighted by atomic mass is 16.6. The van der Waals surface area contributed by atoms with Gasteiger partial charge in [-0.2, -0.15) is 0 Å². The Morgan fingerprint density at radius 1 is 1.08 bits per heavy atom. The molecule has 25 heavy (non-hydrogen) atoms. The maximum absolute atomic E-state index is 10.7. The molecule has 0 saturated heterocycles. The summed E-state index contributed by atoms with van der Waals surface area (Å²) in [7, 11) is 0. The van der Waals surface area contributed by atoms with Gasteiger partial charge in [-0.15, -0.1) is 5.10 Å². The van der Waals surface area contributed by atoms with E-state index in [2.05, 4.69) is 39.2 Å². The standard InChI is InChI=1S/C18H17N5O2/c24-23(25)17-7-5-15(6-8-17)18-19-12-22(20-18)13-21-10-9-14-3-1-2-4-16(14)11-21/h1-8,12H,9-11,13H2. The molecule has 0 unspecified atom stereocenters. The van der Waals surface area contributed by atoms with Crippen LogP contribution in [0.4, 0.5) is 5.69 Å². The van der Waals surface area contributed by atoms with E-state index in [-0.39, 0.29) is 5.69 Å². The van der Waals surface area contributed by atoms with E-state index in [0.717, 1.165) is 25.1 Å². The molecule has 7 nitrogen and oxygen atoms in total. The van der Waals surface area contributed by atoms with E-state index < -0.39 is 4.92 Å². The number of non-ortho nitro benzene ring substituents is 1. The molecule has 2 heterocycles. The zero-order chi connectivity index (χ0) is 17.2. The van der Waals surface area contributed by atoms with Crippen LogP contribution in [-0.2, 0) is 19.6 Å². The summed E-state index contributed by atoms with van der Waals surface area (Å²) in [6.07, 6.45) is 2.75. The van der Waals surface area contributed by atoms with Crippen molar-refractivity contribution in [3.05, 3.63) is 76.1 Å². The molecule has 1 aliphatic heterocycles. The second kappa shape index (κ2) is 6.45. The maximum atomic E-state index is 10.7. The lowest BCUT2D eigenvalue weighted by Crippen LogP contribution is -2.32. The van der Waals surface area contributed by atoms with Gasteiger partial charge in [-0.25, -0.2) is 9.67 Å². The van der Waals surface area contributed by atoms with Crippen LogP contribution in [0, 0.1) is 10.1 Å². The number of hydrogen-bond donors (Lipinski definition) is 0. The van der Waals surface area contributed by atoms with Gasteiger partial charge in [-0.1, -0.05) is 24.3 Å². The van der Waals surface area contributed by atoms with Crippen LogP contribution < -0.4 is 0 Å². The molecule has 0 saturated carbocycles. The van der Waals surface area contributed by atoms with Crippen molar-refractivity contribution in [1.29, 1.82) is 0 Å². The Morgan fingerprint density at radius 3 is 2.60 bits per heavy atom. The van der Waals surface area contributed by atoms with Gasteiger partial charge < -0.3 is 0 Å². The van der Waals surface area contributed by atoms with Crippen LogP contribution in [0.5, 0.6) is 0 Å². The highest BCUT2D eigenvalue weighted by Crippen LogP contribution is 2.21. The maximum Gasteiger partial charge on any atom is 0.269 e. The fourth-order valence-electron chi connectivity index (χ4n) is 3.11. The zero-order valence-electron chi connectivity index (χ0n) is 13.6. The number of benzene rings is 2. The molecule has 0 radical (unpaired) electrons. The van der Waals surface area contributed by atoms with Crippen molar-refractivity contribution in [2.24, 2.45) is 0 Å². The number of rotatable bonds is 4. The summed E-state index contributed by atoms with van der Waals surface area (Å²) in [5, 5.41) is 15.2. The van der Waals surface area contributed by atoms with Crippen molar-refractivity contribution in [1.82, 2.24) is 19.7 Å². The fourth-order valence-corrected chi connectivity index (χ4v) is 3.11. The number of nitro groups is 1. The minimum absolute atomic E-state index is 0.0650. The molecule has 0 bridgehead atoms. The first kappa shape index (κ1) is 15.5. The van der Waals surface area contributed by atoms with Gasteiger partial charge in [0.2, 0.25) is 0 Å². The van der Waals surface area contributed by atoms with Gasteiger partial charge in [0.05, 0.1) is 11.6 Å². The average Bonchev–Trinajstić information content (AvgIpc) is 3.10. The smallest absolute Gasteiger partial charge is 0.269 e. The summed E-state index contributed by atoms with van der Waals surface area (Å²) >= 11 is 0. The zero-order valence-corrected chi connectivity index (χ0v) is 13.6. The van der Waals surface area contributed by atoms with Crippen LogP contribution in [0.15, 0.2) is 54.9 Å². The van der Waals surface area contributed by atoms with Crippen molar-refractivity contribution in [3.8, 4) is 11.4 Å². The first-order chi connectivity index (χ1) is 12.2. The molecule has 1 aromatic heterocycles. The van der Waals surface area contributed by atoms with Gasteiger partial charge in [-0.3, -0.25) is 15.0 Å². The van der Waals surface area contributed by atoms with Gasteiger partial charge in [-0.05, 0) is 29.7 Å². The number of nitro benzene ring substituents is 1. The Hall–Kier alpha value is -3.06.